The fourth-order valence-corrected chi connectivity index (χ4v) is 2.44. The van der Waals surface area contributed by atoms with E-state index < -0.39 is 0 Å². The number of amides is 1. The van der Waals surface area contributed by atoms with Crippen LogP contribution < -0.4 is 10.6 Å². The van der Waals surface area contributed by atoms with E-state index in [9.17, 15) is 4.79 Å². The quantitative estimate of drug-likeness (QED) is 0.696. The number of hydrogen-bond acceptors (Lipinski definition) is 3. The molecule has 0 bridgehead atoms. The molecule has 0 aromatic carbocycles. The highest BCUT2D eigenvalue weighted by Crippen LogP contribution is 2.27. The second-order valence-corrected chi connectivity index (χ2v) is 5.11. The van der Waals surface area contributed by atoms with Crippen LogP contribution in [0.1, 0.15) is 32.6 Å². The predicted octanol–water partition coefficient (Wildman–Crippen LogP) is 1.59. The van der Waals surface area contributed by atoms with Crippen LogP contribution in [0.5, 0.6) is 0 Å². The lowest BCUT2D eigenvalue weighted by Crippen LogP contribution is -2.38. The Morgan fingerprint density at radius 2 is 2.17 bits per heavy atom. The molecule has 1 amide bonds. The van der Waals surface area contributed by atoms with Gasteiger partial charge in [0.1, 0.15) is 0 Å². The Morgan fingerprint density at radius 1 is 1.39 bits per heavy atom. The van der Waals surface area contributed by atoms with Crippen LogP contribution in [0.3, 0.4) is 0 Å². The summed E-state index contributed by atoms with van der Waals surface area (Å²) in [5, 5.41) is 6.05. The zero-order valence-electron chi connectivity index (χ0n) is 11.5. The van der Waals surface area contributed by atoms with Crippen molar-refractivity contribution in [2.45, 2.75) is 32.6 Å². The molecule has 1 aliphatic carbocycles. The molecule has 0 aromatic heterocycles. The first-order valence-corrected chi connectivity index (χ1v) is 6.68. The molecule has 2 N–H and O–H groups in total. The second-order valence-electron chi connectivity index (χ2n) is 5.11. The van der Waals surface area contributed by atoms with Gasteiger partial charge in [0.15, 0.2) is 0 Å². The third kappa shape index (κ3) is 7.90. The predicted molar refractivity (Wildman–Crippen MR) is 76.1 cm³/mol. The van der Waals surface area contributed by atoms with E-state index in [1.807, 2.05) is 0 Å². The number of methoxy groups -OCH3 is 1. The normalized spacial score (nSPS) is 23.2. The number of nitrogens with one attached hydrogen (secondary N) is 2. The van der Waals surface area contributed by atoms with Gasteiger partial charge < -0.3 is 15.4 Å². The summed E-state index contributed by atoms with van der Waals surface area (Å²) in [4.78, 5) is 11.5. The maximum atomic E-state index is 11.5. The highest BCUT2D eigenvalue weighted by atomic mass is 35.5. The molecule has 1 rings (SSSR count). The van der Waals surface area contributed by atoms with Crippen molar-refractivity contribution in [2.24, 2.45) is 11.8 Å². The maximum Gasteiger partial charge on any atom is 0.233 e. The van der Waals surface area contributed by atoms with Gasteiger partial charge in [-0.3, -0.25) is 4.79 Å². The van der Waals surface area contributed by atoms with Crippen LogP contribution in [-0.4, -0.2) is 39.3 Å². The topological polar surface area (TPSA) is 50.4 Å². The lowest BCUT2D eigenvalue weighted by atomic mass is 9.82. The zero-order valence-corrected chi connectivity index (χ0v) is 12.4. The van der Waals surface area contributed by atoms with Crippen molar-refractivity contribution in [2.75, 3.05) is 33.4 Å². The molecule has 18 heavy (non-hydrogen) atoms. The van der Waals surface area contributed by atoms with Crippen LogP contribution in [0.15, 0.2) is 0 Å². The van der Waals surface area contributed by atoms with Crippen LogP contribution in [0.2, 0.25) is 0 Å². The van der Waals surface area contributed by atoms with E-state index in [2.05, 4.69) is 17.6 Å². The monoisotopic (exact) mass is 278 g/mol. The Hall–Kier alpha value is -0.320. The molecule has 5 heteroatoms. The summed E-state index contributed by atoms with van der Waals surface area (Å²) in [6, 6.07) is 0. The molecule has 0 aromatic rings. The first-order chi connectivity index (χ1) is 8.22. The SMILES string of the molecule is COCCNCC(=O)NCC1CCCC(C)C1.Cl. The van der Waals surface area contributed by atoms with Crippen LogP contribution in [0.4, 0.5) is 0 Å². The van der Waals surface area contributed by atoms with Crippen molar-refractivity contribution in [1.29, 1.82) is 0 Å². The van der Waals surface area contributed by atoms with Gasteiger partial charge in [-0.1, -0.05) is 19.8 Å². The average Bonchev–Trinajstić information content (AvgIpc) is 2.32. The summed E-state index contributed by atoms with van der Waals surface area (Å²) in [5.41, 5.74) is 0. The fourth-order valence-electron chi connectivity index (χ4n) is 2.44. The molecule has 0 saturated heterocycles. The molecule has 0 aliphatic heterocycles. The van der Waals surface area contributed by atoms with Gasteiger partial charge in [-0.25, -0.2) is 0 Å². The molecule has 2 unspecified atom stereocenters. The molecule has 1 fully saturated rings. The highest BCUT2D eigenvalue weighted by Gasteiger charge is 2.18. The molecule has 2 atom stereocenters. The fraction of sp³-hybridized carbons (Fsp3) is 0.923. The van der Waals surface area contributed by atoms with Crippen molar-refractivity contribution in [1.82, 2.24) is 10.6 Å². The van der Waals surface area contributed by atoms with E-state index in [4.69, 9.17) is 4.74 Å². The van der Waals surface area contributed by atoms with Crippen molar-refractivity contribution >= 4 is 18.3 Å². The molecule has 0 spiro atoms. The minimum Gasteiger partial charge on any atom is -0.383 e. The average molecular weight is 279 g/mol. The minimum atomic E-state index is 0. The van der Waals surface area contributed by atoms with Crippen molar-refractivity contribution in [3.05, 3.63) is 0 Å². The number of ether oxygens (including phenoxy) is 1. The van der Waals surface area contributed by atoms with E-state index in [-0.39, 0.29) is 18.3 Å². The molecule has 4 nitrogen and oxygen atoms in total. The van der Waals surface area contributed by atoms with Crippen molar-refractivity contribution in [3.8, 4) is 0 Å². The van der Waals surface area contributed by atoms with Gasteiger partial charge in [0, 0.05) is 20.2 Å². The Bertz CT molecular complexity index is 227. The lowest BCUT2D eigenvalue weighted by Gasteiger charge is -2.26. The highest BCUT2D eigenvalue weighted by molar-refractivity contribution is 5.85. The molecular weight excluding hydrogens is 252 g/mol. The summed E-state index contributed by atoms with van der Waals surface area (Å²) < 4.78 is 4.90. The second kappa shape index (κ2) is 10.6. The number of carbonyl (C=O) groups is 1. The van der Waals surface area contributed by atoms with E-state index in [0.29, 0.717) is 19.1 Å². The summed E-state index contributed by atoms with van der Waals surface area (Å²) in [5.74, 6) is 1.60. The van der Waals surface area contributed by atoms with Crippen LogP contribution in [0, 0.1) is 11.8 Å². The van der Waals surface area contributed by atoms with Crippen molar-refractivity contribution < 1.29 is 9.53 Å². The summed E-state index contributed by atoms with van der Waals surface area (Å²) in [6.45, 7) is 4.92. The van der Waals surface area contributed by atoms with Crippen LogP contribution >= 0.6 is 12.4 Å². The number of carbonyl (C=O) groups excluding carboxylic acids is 1. The Balaban J connectivity index is 0.00000289. The first-order valence-electron chi connectivity index (χ1n) is 6.68. The Kier molecular flexibility index (Phi) is 10.4. The Labute approximate surface area is 117 Å². The van der Waals surface area contributed by atoms with Gasteiger partial charge >= 0.3 is 0 Å². The van der Waals surface area contributed by atoms with Gasteiger partial charge in [-0.2, -0.15) is 0 Å². The number of halogens is 1. The third-order valence-electron chi connectivity index (χ3n) is 3.40. The van der Waals surface area contributed by atoms with E-state index in [1.54, 1.807) is 7.11 Å². The van der Waals surface area contributed by atoms with Crippen LogP contribution in [0.25, 0.3) is 0 Å². The zero-order chi connectivity index (χ0) is 12.5. The maximum absolute atomic E-state index is 11.5. The van der Waals surface area contributed by atoms with Gasteiger partial charge in [-0.15, -0.1) is 12.4 Å². The van der Waals surface area contributed by atoms with Crippen molar-refractivity contribution in [3.63, 3.8) is 0 Å². The Morgan fingerprint density at radius 3 is 2.83 bits per heavy atom. The lowest BCUT2D eigenvalue weighted by molar-refractivity contribution is -0.120. The van der Waals surface area contributed by atoms with E-state index in [1.165, 1.54) is 25.7 Å². The molecule has 0 heterocycles. The largest absolute Gasteiger partial charge is 0.383 e. The summed E-state index contributed by atoms with van der Waals surface area (Å²) in [7, 11) is 1.66. The molecule has 1 saturated carbocycles. The number of rotatable bonds is 7. The minimum absolute atomic E-state index is 0. The van der Waals surface area contributed by atoms with E-state index in [0.717, 1.165) is 19.0 Å². The third-order valence-corrected chi connectivity index (χ3v) is 3.40. The molecule has 1 aliphatic rings. The van der Waals surface area contributed by atoms with Gasteiger partial charge in [-0.05, 0) is 24.7 Å². The van der Waals surface area contributed by atoms with E-state index >= 15 is 0 Å². The molecule has 0 radical (unpaired) electrons. The van der Waals surface area contributed by atoms with Gasteiger partial charge in [0.05, 0.1) is 13.2 Å². The van der Waals surface area contributed by atoms with Gasteiger partial charge in [0.25, 0.3) is 0 Å². The molecular formula is C13H27ClN2O2. The van der Waals surface area contributed by atoms with Crippen LogP contribution in [-0.2, 0) is 9.53 Å². The van der Waals surface area contributed by atoms with Gasteiger partial charge in [0.2, 0.25) is 5.91 Å². The molecule has 108 valence electrons. The first kappa shape index (κ1) is 17.7. The number of hydrogen-bond donors (Lipinski definition) is 2. The summed E-state index contributed by atoms with van der Waals surface area (Å²) >= 11 is 0. The summed E-state index contributed by atoms with van der Waals surface area (Å²) in [6.07, 6.45) is 5.19. The smallest absolute Gasteiger partial charge is 0.233 e. The standard InChI is InChI=1S/C13H26N2O2.ClH/c1-11-4-3-5-12(8-11)9-15-13(16)10-14-6-7-17-2;/h11-12,14H,3-10H2,1-2H3,(H,15,16);1H.